The first-order valence-electron chi connectivity index (χ1n) is 7.92. The largest absolute Gasteiger partial charge is 0.312 e. The molecule has 0 bridgehead atoms. The molecule has 1 saturated heterocycles. The van der Waals surface area contributed by atoms with Crippen molar-refractivity contribution in [3.05, 3.63) is 0 Å². The lowest BCUT2D eigenvalue weighted by molar-refractivity contribution is 0.393. The van der Waals surface area contributed by atoms with Crippen LogP contribution in [-0.2, 0) is 10.8 Å². The average Bonchev–Trinajstić information content (AvgIpc) is 2.35. The predicted molar refractivity (Wildman–Crippen MR) is 79.4 cm³/mol. The first-order chi connectivity index (χ1) is 8.79. The van der Waals surface area contributed by atoms with E-state index >= 15 is 0 Å². The van der Waals surface area contributed by atoms with Crippen LogP contribution in [0.25, 0.3) is 0 Å². The summed E-state index contributed by atoms with van der Waals surface area (Å²) in [6.07, 6.45) is 13.3. The van der Waals surface area contributed by atoms with Gasteiger partial charge in [0.05, 0.1) is 5.25 Å². The Hall–Kier alpha value is 0.110. The Kier molecular flexibility index (Phi) is 6.16. The molecule has 1 N–H and O–H groups in total. The molecular formula is C15H29NOS. The normalized spacial score (nSPS) is 40.3. The highest BCUT2D eigenvalue weighted by Crippen LogP contribution is 2.24. The minimum Gasteiger partial charge on any atom is -0.312 e. The Labute approximate surface area is 115 Å². The summed E-state index contributed by atoms with van der Waals surface area (Å²) in [5, 5.41) is 4.43. The van der Waals surface area contributed by atoms with Gasteiger partial charge in [-0.1, -0.05) is 51.4 Å². The van der Waals surface area contributed by atoms with Crippen LogP contribution in [0.4, 0.5) is 0 Å². The highest BCUT2D eigenvalue weighted by Gasteiger charge is 2.33. The van der Waals surface area contributed by atoms with E-state index in [-0.39, 0.29) is 0 Å². The van der Waals surface area contributed by atoms with E-state index in [1.807, 2.05) is 0 Å². The monoisotopic (exact) mass is 271 g/mol. The molecular weight excluding hydrogens is 242 g/mol. The van der Waals surface area contributed by atoms with E-state index in [9.17, 15) is 4.21 Å². The summed E-state index contributed by atoms with van der Waals surface area (Å²) in [6.45, 7) is 3.09. The third kappa shape index (κ3) is 4.06. The summed E-state index contributed by atoms with van der Waals surface area (Å²) in [6, 6.07) is 0.529. The van der Waals surface area contributed by atoms with E-state index < -0.39 is 10.8 Å². The average molecular weight is 271 g/mol. The van der Waals surface area contributed by atoms with Crippen molar-refractivity contribution < 1.29 is 4.21 Å². The van der Waals surface area contributed by atoms with E-state index in [0.717, 1.165) is 6.54 Å². The molecule has 2 aliphatic rings. The summed E-state index contributed by atoms with van der Waals surface area (Å²) >= 11 is 0. The second-order valence-electron chi connectivity index (χ2n) is 6.10. The summed E-state index contributed by atoms with van der Waals surface area (Å²) in [5.74, 6) is 0. The number of nitrogens with one attached hydrogen (secondary N) is 1. The summed E-state index contributed by atoms with van der Waals surface area (Å²) in [5.41, 5.74) is 0. The van der Waals surface area contributed by atoms with Crippen LogP contribution >= 0.6 is 0 Å². The molecule has 0 spiro atoms. The molecule has 2 rings (SSSR count). The first-order valence-corrected chi connectivity index (χ1v) is 9.19. The van der Waals surface area contributed by atoms with Crippen molar-refractivity contribution in [3.8, 4) is 0 Å². The first kappa shape index (κ1) is 14.5. The lowest BCUT2D eigenvalue weighted by Crippen LogP contribution is -2.53. The van der Waals surface area contributed by atoms with Gasteiger partial charge in [0.2, 0.25) is 0 Å². The molecule has 1 aliphatic heterocycles. The Morgan fingerprint density at radius 2 is 1.44 bits per heavy atom. The number of hydrogen-bond donors (Lipinski definition) is 1. The molecule has 4 unspecified atom stereocenters. The van der Waals surface area contributed by atoms with Gasteiger partial charge in [0.1, 0.15) is 0 Å². The Balaban J connectivity index is 1.93. The van der Waals surface area contributed by atoms with Gasteiger partial charge < -0.3 is 5.32 Å². The van der Waals surface area contributed by atoms with Gasteiger partial charge in [-0.3, -0.25) is 4.21 Å². The summed E-state index contributed by atoms with van der Waals surface area (Å²) in [4.78, 5) is 0. The zero-order valence-corrected chi connectivity index (χ0v) is 12.6. The molecule has 2 fully saturated rings. The van der Waals surface area contributed by atoms with E-state index in [4.69, 9.17) is 0 Å². The van der Waals surface area contributed by atoms with Crippen LogP contribution < -0.4 is 5.32 Å². The molecule has 3 heteroatoms. The number of rotatable bonds is 0. The standard InChI is InChI=1S/C15H29NOS/c1-13-12-16-14-10-8-6-4-2-3-5-7-9-11-15(14)18(13)17/h13-16H,2-12H2,1H3. The van der Waals surface area contributed by atoms with Crippen LogP contribution in [0.1, 0.15) is 71.1 Å². The SMILES string of the molecule is CC1CNC2CCCCCCCCCCC2S1=O. The molecule has 0 aromatic rings. The van der Waals surface area contributed by atoms with Crippen LogP contribution in [-0.4, -0.2) is 27.3 Å². The molecule has 2 nitrogen and oxygen atoms in total. The van der Waals surface area contributed by atoms with Gasteiger partial charge in [0.15, 0.2) is 0 Å². The maximum Gasteiger partial charge on any atom is 0.0504 e. The minimum atomic E-state index is -0.606. The molecule has 0 aromatic carbocycles. The lowest BCUT2D eigenvalue weighted by atomic mass is 9.97. The van der Waals surface area contributed by atoms with Crippen molar-refractivity contribution in [1.82, 2.24) is 5.32 Å². The van der Waals surface area contributed by atoms with Gasteiger partial charge >= 0.3 is 0 Å². The number of hydrogen-bond acceptors (Lipinski definition) is 2. The summed E-state index contributed by atoms with van der Waals surface area (Å²) in [7, 11) is -0.606. The molecule has 1 aliphatic carbocycles. The fourth-order valence-corrected chi connectivity index (χ4v) is 5.18. The Bertz CT molecular complexity index is 269. The van der Waals surface area contributed by atoms with Crippen molar-refractivity contribution in [2.24, 2.45) is 0 Å². The zero-order chi connectivity index (χ0) is 12.8. The van der Waals surface area contributed by atoms with Gasteiger partial charge in [0, 0.05) is 28.6 Å². The van der Waals surface area contributed by atoms with E-state index in [2.05, 4.69) is 12.2 Å². The quantitative estimate of drug-likeness (QED) is 0.732. The van der Waals surface area contributed by atoms with E-state index in [1.165, 1.54) is 64.2 Å². The highest BCUT2D eigenvalue weighted by atomic mass is 32.2. The molecule has 0 radical (unpaired) electrons. The Morgan fingerprint density at radius 1 is 0.889 bits per heavy atom. The predicted octanol–water partition coefficient (Wildman–Crippen LogP) is 3.38. The third-order valence-electron chi connectivity index (χ3n) is 4.57. The second-order valence-corrected chi connectivity index (χ2v) is 8.17. The molecule has 18 heavy (non-hydrogen) atoms. The number of fused-ring (bicyclic) bond motifs is 1. The third-order valence-corrected chi connectivity index (χ3v) is 6.69. The van der Waals surface area contributed by atoms with Crippen molar-refractivity contribution in [3.63, 3.8) is 0 Å². The molecule has 1 heterocycles. The van der Waals surface area contributed by atoms with Crippen molar-refractivity contribution in [2.75, 3.05) is 6.54 Å². The van der Waals surface area contributed by atoms with Crippen LogP contribution in [0, 0.1) is 0 Å². The lowest BCUT2D eigenvalue weighted by Gasteiger charge is -2.35. The van der Waals surface area contributed by atoms with Crippen molar-refractivity contribution in [1.29, 1.82) is 0 Å². The van der Waals surface area contributed by atoms with E-state index in [0.29, 0.717) is 16.5 Å². The van der Waals surface area contributed by atoms with Gasteiger partial charge in [0.25, 0.3) is 0 Å². The smallest absolute Gasteiger partial charge is 0.0504 e. The van der Waals surface area contributed by atoms with Gasteiger partial charge in [-0.05, 0) is 19.8 Å². The van der Waals surface area contributed by atoms with Crippen LogP contribution in [0.2, 0.25) is 0 Å². The van der Waals surface area contributed by atoms with Crippen molar-refractivity contribution in [2.45, 2.75) is 87.7 Å². The van der Waals surface area contributed by atoms with Crippen LogP contribution in [0.15, 0.2) is 0 Å². The fraction of sp³-hybridized carbons (Fsp3) is 1.00. The maximum atomic E-state index is 12.4. The molecule has 1 saturated carbocycles. The molecule has 106 valence electrons. The minimum absolute atomic E-state index is 0.346. The van der Waals surface area contributed by atoms with Gasteiger partial charge in [-0.15, -0.1) is 0 Å². The topological polar surface area (TPSA) is 29.1 Å². The zero-order valence-electron chi connectivity index (χ0n) is 11.8. The summed E-state index contributed by atoms with van der Waals surface area (Å²) < 4.78 is 12.4. The maximum absolute atomic E-state index is 12.4. The molecule has 0 aromatic heterocycles. The Morgan fingerprint density at radius 3 is 2.11 bits per heavy atom. The van der Waals surface area contributed by atoms with Crippen LogP contribution in [0.3, 0.4) is 0 Å². The fourth-order valence-electron chi connectivity index (χ4n) is 3.37. The highest BCUT2D eigenvalue weighted by molar-refractivity contribution is 7.86. The van der Waals surface area contributed by atoms with Gasteiger partial charge in [-0.2, -0.15) is 0 Å². The molecule has 0 amide bonds. The van der Waals surface area contributed by atoms with Gasteiger partial charge in [-0.25, -0.2) is 0 Å². The van der Waals surface area contributed by atoms with Crippen LogP contribution in [0.5, 0.6) is 0 Å². The second kappa shape index (κ2) is 7.64. The van der Waals surface area contributed by atoms with Crippen molar-refractivity contribution >= 4 is 10.8 Å². The molecule has 4 atom stereocenters. The van der Waals surface area contributed by atoms with E-state index in [1.54, 1.807) is 0 Å².